The van der Waals surface area contributed by atoms with Crippen LogP contribution in [0, 0.1) is 0 Å². The zero-order valence-electron chi connectivity index (χ0n) is 7.77. The number of nitrogen functional groups attached to an aromatic ring is 1. The average molecular weight is 241 g/mol. The Hall–Kier alpha value is -1.10. The number of benzene rings is 1. The van der Waals surface area contributed by atoms with E-state index < -0.39 is 0 Å². The molecule has 0 radical (unpaired) electrons. The van der Waals surface area contributed by atoms with Gasteiger partial charge in [-0.1, -0.05) is 35.1 Å². The second kappa shape index (κ2) is 4.18. The summed E-state index contributed by atoms with van der Waals surface area (Å²) in [6.45, 7) is -0.0488. The third-order valence-corrected chi connectivity index (χ3v) is 3.10. The van der Waals surface area contributed by atoms with Crippen LogP contribution in [0.4, 0.5) is 5.13 Å². The topological polar surface area (TPSA) is 59.1 Å². The van der Waals surface area contributed by atoms with Gasteiger partial charge in [-0.2, -0.15) is 0 Å². The molecule has 2 rings (SSSR count). The maximum atomic E-state index is 9.14. The number of aliphatic hydroxyl groups excluding tert-OH is 1. The number of anilines is 1. The molecular formula is C10H9ClN2OS. The van der Waals surface area contributed by atoms with E-state index in [1.54, 1.807) is 12.1 Å². The van der Waals surface area contributed by atoms with E-state index in [0.29, 0.717) is 10.2 Å². The van der Waals surface area contributed by atoms with E-state index in [0.717, 1.165) is 16.1 Å². The van der Waals surface area contributed by atoms with Gasteiger partial charge in [0.2, 0.25) is 0 Å². The molecule has 0 saturated carbocycles. The highest BCUT2D eigenvalue weighted by molar-refractivity contribution is 7.15. The number of nitrogens with zero attached hydrogens (tertiary/aromatic N) is 1. The van der Waals surface area contributed by atoms with Gasteiger partial charge in [0.15, 0.2) is 5.13 Å². The number of rotatable bonds is 2. The van der Waals surface area contributed by atoms with Crippen LogP contribution in [0.1, 0.15) is 4.88 Å². The Bertz CT molecular complexity index is 467. The van der Waals surface area contributed by atoms with Gasteiger partial charge in [-0.15, -0.1) is 0 Å². The molecule has 5 heteroatoms. The molecule has 0 bridgehead atoms. The summed E-state index contributed by atoms with van der Waals surface area (Å²) in [5.41, 5.74) is 7.24. The molecular weight excluding hydrogens is 232 g/mol. The van der Waals surface area contributed by atoms with Gasteiger partial charge in [-0.3, -0.25) is 0 Å². The third kappa shape index (κ3) is 2.12. The fourth-order valence-electron chi connectivity index (χ4n) is 1.31. The van der Waals surface area contributed by atoms with Crippen LogP contribution in [0.2, 0.25) is 5.02 Å². The molecule has 78 valence electrons. The fraction of sp³-hybridized carbons (Fsp3) is 0.100. The molecule has 1 aromatic heterocycles. The molecule has 15 heavy (non-hydrogen) atoms. The molecule has 0 aliphatic rings. The van der Waals surface area contributed by atoms with Crippen molar-refractivity contribution in [2.75, 3.05) is 5.73 Å². The Morgan fingerprint density at radius 2 is 2.00 bits per heavy atom. The molecule has 0 aliphatic carbocycles. The quantitative estimate of drug-likeness (QED) is 0.848. The Balaban J connectivity index is 2.48. The van der Waals surface area contributed by atoms with Gasteiger partial charge in [-0.25, -0.2) is 4.98 Å². The summed E-state index contributed by atoms with van der Waals surface area (Å²) in [4.78, 5) is 4.95. The van der Waals surface area contributed by atoms with Gasteiger partial charge in [0.05, 0.1) is 17.2 Å². The lowest BCUT2D eigenvalue weighted by Crippen LogP contribution is -1.85. The maximum absolute atomic E-state index is 9.14. The van der Waals surface area contributed by atoms with Crippen molar-refractivity contribution in [1.82, 2.24) is 4.98 Å². The number of halogens is 1. The van der Waals surface area contributed by atoms with Crippen molar-refractivity contribution in [3.05, 3.63) is 34.2 Å². The van der Waals surface area contributed by atoms with Crippen molar-refractivity contribution < 1.29 is 5.11 Å². The predicted octanol–water partition coefficient (Wildman–Crippen LogP) is 2.54. The summed E-state index contributed by atoms with van der Waals surface area (Å²) >= 11 is 7.08. The second-order valence-corrected chi connectivity index (χ2v) is 4.54. The highest BCUT2D eigenvalue weighted by atomic mass is 35.5. The summed E-state index contributed by atoms with van der Waals surface area (Å²) in [5, 5.41) is 10.3. The standard InChI is InChI=1S/C10H9ClN2OS/c11-7-3-1-6(2-4-7)9-8(5-14)15-10(12)13-9/h1-4,14H,5H2,(H2,12,13). The number of nitrogens with two attached hydrogens (primary N) is 1. The molecule has 2 aromatic rings. The first-order chi connectivity index (χ1) is 7.20. The van der Waals surface area contributed by atoms with E-state index in [1.807, 2.05) is 12.1 Å². The molecule has 0 saturated heterocycles. The zero-order chi connectivity index (χ0) is 10.8. The van der Waals surface area contributed by atoms with Crippen molar-refractivity contribution in [3.63, 3.8) is 0 Å². The lowest BCUT2D eigenvalue weighted by molar-refractivity contribution is 0.286. The average Bonchev–Trinajstić information content (AvgIpc) is 2.61. The second-order valence-electron chi connectivity index (χ2n) is 2.99. The van der Waals surface area contributed by atoms with Crippen LogP contribution in [0.15, 0.2) is 24.3 Å². The number of hydrogen-bond donors (Lipinski definition) is 2. The van der Waals surface area contributed by atoms with Crippen molar-refractivity contribution in [1.29, 1.82) is 0 Å². The monoisotopic (exact) mass is 240 g/mol. The Kier molecular flexibility index (Phi) is 2.90. The van der Waals surface area contributed by atoms with Crippen LogP contribution in [-0.4, -0.2) is 10.1 Å². The van der Waals surface area contributed by atoms with Gasteiger partial charge in [0.25, 0.3) is 0 Å². The first-order valence-corrected chi connectivity index (χ1v) is 5.52. The fourth-order valence-corrected chi connectivity index (χ4v) is 2.15. The molecule has 3 N–H and O–H groups in total. The summed E-state index contributed by atoms with van der Waals surface area (Å²) in [6.07, 6.45) is 0. The normalized spacial score (nSPS) is 10.5. The zero-order valence-corrected chi connectivity index (χ0v) is 9.35. The van der Waals surface area contributed by atoms with Crippen molar-refractivity contribution in [3.8, 4) is 11.3 Å². The van der Waals surface area contributed by atoms with Gasteiger partial charge < -0.3 is 10.8 Å². The molecule has 1 heterocycles. The summed E-state index contributed by atoms with van der Waals surface area (Å²) in [7, 11) is 0. The lowest BCUT2D eigenvalue weighted by atomic mass is 10.1. The molecule has 0 spiro atoms. The molecule has 0 fully saturated rings. The van der Waals surface area contributed by atoms with Gasteiger partial charge in [0.1, 0.15) is 0 Å². The minimum absolute atomic E-state index is 0.0488. The molecule has 0 aliphatic heterocycles. The van der Waals surface area contributed by atoms with E-state index in [9.17, 15) is 0 Å². The van der Waals surface area contributed by atoms with Gasteiger partial charge in [0, 0.05) is 10.6 Å². The summed E-state index contributed by atoms with van der Waals surface area (Å²) in [6, 6.07) is 7.28. The molecule has 1 aromatic carbocycles. The minimum atomic E-state index is -0.0488. The van der Waals surface area contributed by atoms with Crippen molar-refractivity contribution in [2.45, 2.75) is 6.61 Å². The Morgan fingerprint density at radius 3 is 2.60 bits per heavy atom. The number of hydrogen-bond acceptors (Lipinski definition) is 4. The first-order valence-electron chi connectivity index (χ1n) is 4.32. The van der Waals surface area contributed by atoms with E-state index in [1.165, 1.54) is 11.3 Å². The van der Waals surface area contributed by atoms with E-state index in [-0.39, 0.29) is 6.61 Å². The molecule has 0 amide bonds. The summed E-state index contributed by atoms with van der Waals surface area (Å²) in [5.74, 6) is 0. The van der Waals surface area contributed by atoms with Crippen LogP contribution in [0.5, 0.6) is 0 Å². The highest BCUT2D eigenvalue weighted by Crippen LogP contribution is 2.30. The molecule has 0 atom stereocenters. The molecule has 0 unspecified atom stereocenters. The third-order valence-electron chi connectivity index (χ3n) is 1.98. The van der Waals surface area contributed by atoms with Gasteiger partial charge >= 0.3 is 0 Å². The van der Waals surface area contributed by atoms with Gasteiger partial charge in [-0.05, 0) is 12.1 Å². The number of thiazole rings is 1. The minimum Gasteiger partial charge on any atom is -0.391 e. The highest BCUT2D eigenvalue weighted by Gasteiger charge is 2.10. The molecule has 3 nitrogen and oxygen atoms in total. The predicted molar refractivity (Wildman–Crippen MR) is 62.9 cm³/mol. The number of aliphatic hydroxyl groups is 1. The van der Waals surface area contributed by atoms with Crippen LogP contribution >= 0.6 is 22.9 Å². The van der Waals surface area contributed by atoms with Crippen LogP contribution in [0.3, 0.4) is 0 Å². The van der Waals surface area contributed by atoms with Crippen molar-refractivity contribution >= 4 is 28.1 Å². The maximum Gasteiger partial charge on any atom is 0.180 e. The van der Waals surface area contributed by atoms with Crippen LogP contribution < -0.4 is 5.73 Å². The van der Waals surface area contributed by atoms with E-state index in [2.05, 4.69) is 4.98 Å². The van der Waals surface area contributed by atoms with Crippen LogP contribution in [0.25, 0.3) is 11.3 Å². The van der Waals surface area contributed by atoms with E-state index in [4.69, 9.17) is 22.4 Å². The first kappa shape index (κ1) is 10.4. The smallest absolute Gasteiger partial charge is 0.180 e. The van der Waals surface area contributed by atoms with E-state index >= 15 is 0 Å². The largest absolute Gasteiger partial charge is 0.391 e. The summed E-state index contributed by atoms with van der Waals surface area (Å²) < 4.78 is 0. The van der Waals surface area contributed by atoms with Crippen LogP contribution in [-0.2, 0) is 6.61 Å². The van der Waals surface area contributed by atoms with Crippen molar-refractivity contribution in [2.24, 2.45) is 0 Å². The lowest BCUT2D eigenvalue weighted by Gasteiger charge is -1.99. The Labute approximate surface area is 96.2 Å². The number of aromatic nitrogens is 1. The SMILES string of the molecule is Nc1nc(-c2ccc(Cl)cc2)c(CO)s1. The Morgan fingerprint density at radius 1 is 1.33 bits per heavy atom.